The van der Waals surface area contributed by atoms with E-state index in [1.54, 1.807) is 17.0 Å². The first-order valence-corrected chi connectivity index (χ1v) is 7.35. The Labute approximate surface area is 130 Å². The van der Waals surface area contributed by atoms with E-state index in [2.05, 4.69) is 5.32 Å². The lowest BCUT2D eigenvalue weighted by atomic mass is 10.2. The van der Waals surface area contributed by atoms with Crippen LogP contribution < -0.4 is 5.32 Å². The summed E-state index contributed by atoms with van der Waals surface area (Å²) in [6.07, 6.45) is -0.143. The van der Waals surface area contributed by atoms with E-state index in [-0.39, 0.29) is 18.2 Å². The van der Waals surface area contributed by atoms with E-state index in [0.29, 0.717) is 18.8 Å². The number of hydrogen-bond donors (Lipinski definition) is 1. The van der Waals surface area contributed by atoms with Crippen LogP contribution in [0.1, 0.15) is 18.9 Å². The number of para-hydroxylation sites is 1. The average Bonchev–Trinajstić information content (AvgIpc) is 2.54. The quantitative estimate of drug-likeness (QED) is 0.833. The Kier molecular flexibility index (Phi) is 5.72. The highest BCUT2D eigenvalue weighted by Gasteiger charge is 2.16. The standard InChI is InChI=1S/C18H20N2O2/c1-2-20(14-15-9-5-3-6-10-15)18(22)13-17(21)19-16-11-7-4-8-12-16/h3-12H,2,13-14H2,1H3,(H,19,21). The van der Waals surface area contributed by atoms with Crippen molar-refractivity contribution in [1.82, 2.24) is 4.90 Å². The van der Waals surface area contributed by atoms with Gasteiger partial charge in [0, 0.05) is 18.8 Å². The van der Waals surface area contributed by atoms with E-state index in [9.17, 15) is 9.59 Å². The molecule has 2 rings (SSSR count). The van der Waals surface area contributed by atoms with Crippen LogP contribution in [0.3, 0.4) is 0 Å². The maximum absolute atomic E-state index is 12.2. The van der Waals surface area contributed by atoms with Crippen molar-refractivity contribution < 1.29 is 9.59 Å². The predicted octanol–water partition coefficient (Wildman–Crippen LogP) is 3.06. The van der Waals surface area contributed by atoms with E-state index in [0.717, 1.165) is 5.56 Å². The summed E-state index contributed by atoms with van der Waals surface area (Å²) in [4.78, 5) is 25.9. The molecule has 0 saturated heterocycles. The largest absolute Gasteiger partial charge is 0.338 e. The molecule has 1 N–H and O–H groups in total. The molecule has 0 aromatic heterocycles. The number of rotatable bonds is 6. The van der Waals surface area contributed by atoms with Gasteiger partial charge in [0.05, 0.1) is 0 Å². The molecule has 4 nitrogen and oxygen atoms in total. The lowest BCUT2D eigenvalue weighted by Gasteiger charge is -2.20. The predicted molar refractivity (Wildman–Crippen MR) is 87.2 cm³/mol. The molecule has 114 valence electrons. The average molecular weight is 296 g/mol. The van der Waals surface area contributed by atoms with Crippen LogP contribution in [0.25, 0.3) is 0 Å². The first-order valence-electron chi connectivity index (χ1n) is 7.35. The summed E-state index contributed by atoms with van der Waals surface area (Å²) in [6.45, 7) is 3.01. The summed E-state index contributed by atoms with van der Waals surface area (Å²) < 4.78 is 0. The van der Waals surface area contributed by atoms with Gasteiger partial charge in [-0.15, -0.1) is 0 Å². The zero-order valence-electron chi connectivity index (χ0n) is 12.7. The van der Waals surface area contributed by atoms with Gasteiger partial charge in [-0.25, -0.2) is 0 Å². The van der Waals surface area contributed by atoms with Crippen LogP contribution in [0.15, 0.2) is 60.7 Å². The van der Waals surface area contributed by atoms with Gasteiger partial charge < -0.3 is 10.2 Å². The van der Waals surface area contributed by atoms with Crippen LogP contribution in [0.2, 0.25) is 0 Å². The van der Waals surface area contributed by atoms with E-state index in [1.165, 1.54) is 0 Å². The third-order valence-corrected chi connectivity index (χ3v) is 3.32. The molecule has 0 atom stereocenters. The molecule has 2 aromatic carbocycles. The third-order valence-electron chi connectivity index (χ3n) is 3.32. The van der Waals surface area contributed by atoms with Crippen LogP contribution in [0.4, 0.5) is 5.69 Å². The Morgan fingerprint density at radius 1 is 0.955 bits per heavy atom. The van der Waals surface area contributed by atoms with Gasteiger partial charge in [0.2, 0.25) is 11.8 Å². The minimum Gasteiger partial charge on any atom is -0.338 e. The summed E-state index contributed by atoms with van der Waals surface area (Å²) in [5.74, 6) is -0.456. The summed E-state index contributed by atoms with van der Waals surface area (Å²) in [5.41, 5.74) is 1.76. The molecule has 0 saturated carbocycles. The topological polar surface area (TPSA) is 49.4 Å². The minimum absolute atomic E-state index is 0.143. The number of hydrogen-bond acceptors (Lipinski definition) is 2. The molecule has 0 unspecified atom stereocenters. The molecule has 0 aliphatic heterocycles. The Bertz CT molecular complexity index is 611. The second kappa shape index (κ2) is 7.98. The second-order valence-corrected chi connectivity index (χ2v) is 4.98. The molecule has 0 spiro atoms. The number of anilines is 1. The Hall–Kier alpha value is -2.62. The van der Waals surface area contributed by atoms with Gasteiger partial charge in [0.1, 0.15) is 6.42 Å². The lowest BCUT2D eigenvalue weighted by Crippen LogP contribution is -2.33. The summed E-state index contributed by atoms with van der Waals surface area (Å²) in [6, 6.07) is 18.9. The van der Waals surface area contributed by atoms with Gasteiger partial charge in [-0.2, -0.15) is 0 Å². The van der Waals surface area contributed by atoms with Crippen molar-refractivity contribution in [2.24, 2.45) is 0 Å². The molecule has 0 bridgehead atoms. The van der Waals surface area contributed by atoms with Crippen molar-refractivity contribution in [2.75, 3.05) is 11.9 Å². The van der Waals surface area contributed by atoms with Crippen LogP contribution in [0.5, 0.6) is 0 Å². The van der Waals surface area contributed by atoms with Gasteiger partial charge in [0.15, 0.2) is 0 Å². The molecule has 2 amide bonds. The molecule has 0 fully saturated rings. The number of carbonyl (C=O) groups excluding carboxylic acids is 2. The van der Waals surface area contributed by atoms with E-state index < -0.39 is 0 Å². The van der Waals surface area contributed by atoms with Crippen LogP contribution >= 0.6 is 0 Å². The van der Waals surface area contributed by atoms with Crippen molar-refractivity contribution in [3.63, 3.8) is 0 Å². The van der Waals surface area contributed by atoms with Gasteiger partial charge >= 0.3 is 0 Å². The van der Waals surface area contributed by atoms with Crippen LogP contribution in [-0.4, -0.2) is 23.3 Å². The lowest BCUT2D eigenvalue weighted by molar-refractivity contribution is -0.134. The Morgan fingerprint density at radius 3 is 2.14 bits per heavy atom. The molecule has 4 heteroatoms. The maximum Gasteiger partial charge on any atom is 0.233 e. The molecular weight excluding hydrogens is 276 g/mol. The fraction of sp³-hybridized carbons (Fsp3) is 0.222. The van der Waals surface area contributed by atoms with Gasteiger partial charge in [-0.1, -0.05) is 48.5 Å². The Balaban J connectivity index is 1.90. The first kappa shape index (κ1) is 15.8. The van der Waals surface area contributed by atoms with E-state index in [1.807, 2.05) is 55.5 Å². The summed E-state index contributed by atoms with van der Waals surface area (Å²) in [7, 11) is 0. The SMILES string of the molecule is CCN(Cc1ccccc1)C(=O)CC(=O)Nc1ccccc1. The van der Waals surface area contributed by atoms with Crippen LogP contribution in [0, 0.1) is 0 Å². The molecule has 2 aromatic rings. The van der Waals surface area contributed by atoms with Crippen molar-refractivity contribution in [3.05, 3.63) is 66.2 Å². The van der Waals surface area contributed by atoms with Crippen molar-refractivity contribution >= 4 is 17.5 Å². The third kappa shape index (κ3) is 4.74. The zero-order valence-corrected chi connectivity index (χ0v) is 12.7. The fourth-order valence-corrected chi connectivity index (χ4v) is 2.16. The highest BCUT2D eigenvalue weighted by molar-refractivity contribution is 6.03. The summed E-state index contributed by atoms with van der Waals surface area (Å²) >= 11 is 0. The number of nitrogens with zero attached hydrogens (tertiary/aromatic N) is 1. The number of nitrogens with one attached hydrogen (secondary N) is 1. The molecule has 0 heterocycles. The first-order chi connectivity index (χ1) is 10.7. The monoisotopic (exact) mass is 296 g/mol. The Morgan fingerprint density at radius 2 is 1.55 bits per heavy atom. The zero-order chi connectivity index (χ0) is 15.8. The van der Waals surface area contributed by atoms with Gasteiger partial charge in [-0.3, -0.25) is 9.59 Å². The molecule has 0 aliphatic rings. The number of benzene rings is 2. The summed E-state index contributed by atoms with van der Waals surface area (Å²) in [5, 5.41) is 2.73. The van der Waals surface area contributed by atoms with E-state index >= 15 is 0 Å². The van der Waals surface area contributed by atoms with Crippen molar-refractivity contribution in [3.8, 4) is 0 Å². The van der Waals surface area contributed by atoms with Gasteiger partial charge in [0.25, 0.3) is 0 Å². The number of amides is 2. The van der Waals surface area contributed by atoms with E-state index in [4.69, 9.17) is 0 Å². The highest BCUT2D eigenvalue weighted by atomic mass is 16.2. The minimum atomic E-state index is -0.289. The second-order valence-electron chi connectivity index (χ2n) is 4.98. The molecule has 22 heavy (non-hydrogen) atoms. The normalized spacial score (nSPS) is 10.0. The van der Waals surface area contributed by atoms with Crippen molar-refractivity contribution in [1.29, 1.82) is 0 Å². The maximum atomic E-state index is 12.2. The van der Waals surface area contributed by atoms with Crippen LogP contribution in [-0.2, 0) is 16.1 Å². The highest BCUT2D eigenvalue weighted by Crippen LogP contribution is 2.08. The molecule has 0 radical (unpaired) electrons. The molecular formula is C18H20N2O2. The fourth-order valence-electron chi connectivity index (χ4n) is 2.16. The smallest absolute Gasteiger partial charge is 0.233 e. The van der Waals surface area contributed by atoms with Crippen molar-refractivity contribution in [2.45, 2.75) is 19.9 Å². The molecule has 0 aliphatic carbocycles. The number of carbonyl (C=O) groups is 2. The van der Waals surface area contributed by atoms with Gasteiger partial charge in [-0.05, 0) is 24.6 Å².